The number of nitrogens with one attached hydrogen (secondary N) is 5. The van der Waals surface area contributed by atoms with E-state index in [2.05, 4.69) is 59.0 Å². The maximum absolute atomic E-state index is 13.9. The van der Waals surface area contributed by atoms with Crippen LogP contribution in [0.25, 0.3) is 21.8 Å². The van der Waals surface area contributed by atoms with Gasteiger partial charge >= 0.3 is 11.9 Å². The third kappa shape index (κ3) is 21.1. The number of fused-ring (bicyclic) bond motifs is 2. The number of hydrogen-bond acceptors (Lipinski definition) is 20. The molecule has 1 unspecified atom stereocenters. The first-order valence-electron chi connectivity index (χ1n) is 31.3. The second kappa shape index (κ2) is 35.1. The predicted octanol–water partition coefficient (Wildman–Crippen LogP) is 0.710. The van der Waals surface area contributed by atoms with Crippen molar-refractivity contribution in [3.05, 3.63) is 83.9 Å². The first-order valence-corrected chi connectivity index (χ1v) is 31.3. The molecule has 30 heteroatoms. The summed E-state index contributed by atoms with van der Waals surface area (Å²) in [5.41, 5.74) is 2.29. The zero-order chi connectivity index (χ0) is 66.1. The number of carbonyl (C=O) groups is 9. The van der Waals surface area contributed by atoms with Crippen LogP contribution in [-0.4, -0.2) is 242 Å². The summed E-state index contributed by atoms with van der Waals surface area (Å²) in [5.74, 6) is -3.81. The number of nitriles is 2. The first kappa shape index (κ1) is 69.0. The fourth-order valence-corrected chi connectivity index (χ4v) is 11.3. The molecule has 3 fully saturated rings. The number of pyridine rings is 2. The fraction of sp³-hybridized carbons (Fsp3) is 0.508. The summed E-state index contributed by atoms with van der Waals surface area (Å²) >= 11 is 0. The molecular weight excluding hydrogens is 1200 g/mol. The highest BCUT2D eigenvalue weighted by Gasteiger charge is 2.31. The molecule has 0 aliphatic carbocycles. The zero-order valence-corrected chi connectivity index (χ0v) is 51.8. The Bertz CT molecular complexity index is 3530. The topological polar surface area (TPSA) is 393 Å². The van der Waals surface area contributed by atoms with Gasteiger partial charge in [0.05, 0.1) is 85.9 Å². The minimum Gasteiger partial charge on any atom is -0.494 e. The van der Waals surface area contributed by atoms with E-state index in [1.54, 1.807) is 69.2 Å². The number of carboxylic acid groups (broad SMARTS) is 2. The molecule has 3 aliphatic heterocycles. The van der Waals surface area contributed by atoms with Gasteiger partial charge in [0.2, 0.25) is 29.5 Å². The number of rotatable bonds is 32. The lowest BCUT2D eigenvalue weighted by Gasteiger charge is -2.26. The maximum atomic E-state index is 13.9. The minimum atomic E-state index is -1.03. The van der Waals surface area contributed by atoms with Crippen LogP contribution in [0.5, 0.6) is 11.5 Å². The van der Waals surface area contributed by atoms with Crippen molar-refractivity contribution >= 4 is 75.1 Å². The third-order valence-electron chi connectivity index (χ3n) is 16.2. The number of hydrogen-bond donors (Lipinski definition) is 7. The quantitative estimate of drug-likeness (QED) is 0.0292. The molecule has 3 aliphatic rings. The molecule has 7 N–H and O–H groups in total. The number of benzene rings is 2. The Hall–Kier alpha value is -9.91. The number of nitrogens with zero attached hydrogens (tertiary/aromatic N) is 12. The van der Waals surface area contributed by atoms with Gasteiger partial charge in [-0.1, -0.05) is 5.21 Å². The van der Waals surface area contributed by atoms with Gasteiger partial charge in [0, 0.05) is 114 Å². The van der Waals surface area contributed by atoms with Crippen molar-refractivity contribution in [2.45, 2.75) is 95.3 Å². The van der Waals surface area contributed by atoms with E-state index in [9.17, 15) is 63.9 Å². The zero-order valence-electron chi connectivity index (χ0n) is 51.8. The van der Waals surface area contributed by atoms with Gasteiger partial charge in [0.15, 0.2) is 0 Å². The van der Waals surface area contributed by atoms with Crippen LogP contribution in [0.2, 0.25) is 0 Å². The van der Waals surface area contributed by atoms with Gasteiger partial charge in [0.1, 0.15) is 29.6 Å². The maximum Gasteiger partial charge on any atom is 0.317 e. The van der Waals surface area contributed by atoms with E-state index in [0.717, 1.165) is 12.8 Å². The lowest BCUT2D eigenvalue weighted by Crippen LogP contribution is -2.50. The van der Waals surface area contributed by atoms with Gasteiger partial charge in [-0.05, 0) is 106 Å². The summed E-state index contributed by atoms with van der Waals surface area (Å²) in [6.45, 7) is 3.12. The van der Waals surface area contributed by atoms with E-state index in [-0.39, 0.29) is 88.6 Å². The van der Waals surface area contributed by atoms with Gasteiger partial charge in [-0.2, -0.15) is 10.5 Å². The SMILES string of the molecule is N#CC1CCCN1C(=O)CNC(=O)c1ccnc2ccc(OCCCNC(=O)CCc3cn(CCCC[C@H](NC(=O)CN4CCN(CC(=O)O)CCN(CC(=O)O)CC4)C(=O)NCCCOc4ccc5nccc(C(=O)NCC(=O)N6CCC[C@H]6C#N)c5c4)nn3)cc12. The summed E-state index contributed by atoms with van der Waals surface area (Å²) < 4.78 is 13.6. The van der Waals surface area contributed by atoms with E-state index in [0.29, 0.717) is 155 Å². The molecule has 8 rings (SSSR count). The average molecular weight is 1280 g/mol. The Morgan fingerprint density at radius 2 is 1.11 bits per heavy atom. The standard InChI is InChI=1S/C63H79N17O13/c64-35-44-7-3-23-79(44)57(83)37-70-61(89)48-16-20-66-52-13-11-46(33-50(48)52)92-31-5-18-68-55(81)15-10-43-39-78(74-73-43)22-2-1-9-54(72-56(82)40-75-25-27-76(41-59(85)86)29-30-77(28-26-75)42-60(87)88)63(91)69-19-6-32-93-47-12-14-53-51(34-47)49(17-21-67-53)62(90)71-38-58(84)80-24-4-8-45(80)36-65/h11-14,16-17,20-21,33-34,39,44-45,54H,1-10,15,18-19,22-32,37-38,40-42H2,(H,68,81)(H,69,91)(H,70,89)(H,71,90)(H,72,82)(H,85,86)(H,87,88)/t44?,45-,54-/m0/s1. The van der Waals surface area contributed by atoms with Crippen LogP contribution in [0, 0.1) is 22.7 Å². The lowest BCUT2D eigenvalue weighted by atomic mass is 10.1. The molecule has 3 atom stereocenters. The summed E-state index contributed by atoms with van der Waals surface area (Å²) in [4.78, 5) is 133. The van der Waals surface area contributed by atoms with Gasteiger partial charge in [0.25, 0.3) is 11.8 Å². The van der Waals surface area contributed by atoms with Gasteiger partial charge < -0.3 is 56.1 Å². The molecule has 0 radical (unpaired) electrons. The molecule has 0 bridgehead atoms. The van der Waals surface area contributed by atoms with Crippen molar-refractivity contribution in [3.8, 4) is 23.6 Å². The highest BCUT2D eigenvalue weighted by atomic mass is 16.5. The Morgan fingerprint density at radius 1 is 0.602 bits per heavy atom. The van der Waals surface area contributed by atoms with Gasteiger partial charge in [-0.25, -0.2) is 0 Å². The van der Waals surface area contributed by atoms with E-state index in [4.69, 9.17) is 9.47 Å². The summed E-state index contributed by atoms with van der Waals surface area (Å²) in [7, 11) is 0. The Morgan fingerprint density at radius 3 is 1.61 bits per heavy atom. The summed E-state index contributed by atoms with van der Waals surface area (Å²) in [5, 5.41) is 61.3. The van der Waals surface area contributed by atoms with Gasteiger partial charge in [-0.3, -0.25) is 72.5 Å². The molecule has 494 valence electrons. The lowest BCUT2D eigenvalue weighted by molar-refractivity contribution is -0.140. The van der Waals surface area contributed by atoms with Crippen molar-refractivity contribution in [2.24, 2.45) is 0 Å². The number of unbranched alkanes of at least 4 members (excludes halogenated alkanes) is 1. The number of likely N-dealkylation sites (tertiary alicyclic amines) is 2. The first-order chi connectivity index (χ1) is 45.0. The Kier molecular flexibility index (Phi) is 26.0. The fourth-order valence-electron chi connectivity index (χ4n) is 11.3. The molecule has 7 amide bonds. The Labute approximate surface area is 536 Å². The van der Waals surface area contributed by atoms with Crippen molar-refractivity contribution in [1.82, 2.24) is 76.0 Å². The summed E-state index contributed by atoms with van der Waals surface area (Å²) in [6.07, 6.45) is 10.0. The predicted molar refractivity (Wildman–Crippen MR) is 334 cm³/mol. The van der Waals surface area contributed by atoms with Crippen LogP contribution in [0.4, 0.5) is 0 Å². The third-order valence-corrected chi connectivity index (χ3v) is 16.2. The molecule has 0 saturated carbocycles. The molecule has 3 aromatic heterocycles. The largest absolute Gasteiger partial charge is 0.494 e. The second-order valence-corrected chi connectivity index (χ2v) is 22.9. The number of carbonyl (C=O) groups excluding carboxylic acids is 7. The van der Waals surface area contributed by atoms with Crippen LogP contribution < -0.4 is 36.1 Å². The number of aliphatic carboxylic acids is 2. The highest BCUT2D eigenvalue weighted by Crippen LogP contribution is 2.25. The number of ether oxygens (including phenoxy) is 2. The van der Waals surface area contributed by atoms with Crippen molar-refractivity contribution in [2.75, 3.05) is 111 Å². The molecular formula is C63H79N17O13. The van der Waals surface area contributed by atoms with Crippen LogP contribution in [0.3, 0.4) is 0 Å². The molecule has 6 heterocycles. The number of aryl methyl sites for hydroxylation is 2. The normalized spacial score (nSPS) is 16.6. The second-order valence-electron chi connectivity index (χ2n) is 22.9. The Balaban J connectivity index is 0.782. The summed E-state index contributed by atoms with van der Waals surface area (Å²) in [6, 6.07) is 15.7. The van der Waals surface area contributed by atoms with Crippen LogP contribution in [-0.2, 0) is 46.5 Å². The van der Waals surface area contributed by atoms with Crippen molar-refractivity contribution in [1.29, 1.82) is 10.5 Å². The minimum absolute atomic E-state index is 0.133. The molecule has 30 nitrogen and oxygen atoms in total. The van der Waals surface area contributed by atoms with Gasteiger partial charge in [-0.15, -0.1) is 5.10 Å². The highest BCUT2D eigenvalue weighted by molar-refractivity contribution is 6.08. The molecule has 0 spiro atoms. The molecule has 3 saturated heterocycles. The van der Waals surface area contributed by atoms with E-state index in [1.807, 2.05) is 4.90 Å². The van der Waals surface area contributed by atoms with Crippen LogP contribution in [0.1, 0.15) is 90.6 Å². The van der Waals surface area contributed by atoms with Crippen molar-refractivity contribution < 1.29 is 62.8 Å². The smallest absolute Gasteiger partial charge is 0.317 e. The van der Waals surface area contributed by atoms with E-state index in [1.165, 1.54) is 22.2 Å². The number of carboxylic acids is 2. The molecule has 93 heavy (non-hydrogen) atoms. The van der Waals surface area contributed by atoms with Crippen LogP contribution in [0.15, 0.2) is 67.1 Å². The number of amides is 7. The van der Waals surface area contributed by atoms with Crippen molar-refractivity contribution in [3.63, 3.8) is 0 Å². The van der Waals surface area contributed by atoms with E-state index >= 15 is 0 Å². The van der Waals surface area contributed by atoms with Crippen LogP contribution >= 0.6 is 0 Å². The average Bonchev–Trinajstić information content (AvgIpc) is 1.25. The molecule has 5 aromatic rings. The molecule has 2 aromatic carbocycles. The number of aromatic nitrogens is 5. The van der Waals surface area contributed by atoms with E-state index < -0.39 is 53.7 Å². The monoisotopic (exact) mass is 1280 g/mol.